The van der Waals surface area contributed by atoms with Crippen LogP contribution in [-0.2, 0) is 0 Å². The summed E-state index contributed by atoms with van der Waals surface area (Å²) >= 11 is 0. The molecule has 3 atom stereocenters. The Morgan fingerprint density at radius 2 is 1.90 bits per heavy atom. The molecule has 1 aromatic carbocycles. The number of amides is 2. The van der Waals surface area contributed by atoms with Crippen LogP contribution in [0.4, 0.5) is 10.5 Å². The Hall–Kier alpha value is -1.55. The molecule has 1 aromatic rings. The van der Waals surface area contributed by atoms with E-state index >= 15 is 0 Å². The largest absolute Gasteiger partial charge is 0.389 e. The lowest BCUT2D eigenvalue weighted by molar-refractivity contribution is 0.199. The van der Waals surface area contributed by atoms with Crippen LogP contribution in [0.5, 0.6) is 0 Å². The average molecular weight is 290 g/mol. The lowest BCUT2D eigenvalue weighted by Gasteiger charge is -2.17. The van der Waals surface area contributed by atoms with Crippen LogP contribution in [0.1, 0.15) is 57.6 Å². The molecule has 1 fully saturated rings. The number of carbonyl (C=O) groups excluding carboxylic acids is 1. The minimum absolute atomic E-state index is 0.139. The summed E-state index contributed by atoms with van der Waals surface area (Å²) in [5.41, 5.74) is 1.60. The number of carbonyl (C=O) groups is 1. The molecule has 3 unspecified atom stereocenters. The van der Waals surface area contributed by atoms with E-state index < -0.39 is 6.10 Å². The highest BCUT2D eigenvalue weighted by atomic mass is 16.3. The van der Waals surface area contributed by atoms with Gasteiger partial charge in [0.05, 0.1) is 6.10 Å². The maximum atomic E-state index is 12.0. The van der Waals surface area contributed by atoms with Crippen molar-refractivity contribution in [3.05, 3.63) is 29.8 Å². The molecule has 4 heteroatoms. The van der Waals surface area contributed by atoms with Gasteiger partial charge in [-0.3, -0.25) is 0 Å². The molecule has 1 aliphatic carbocycles. The zero-order valence-corrected chi connectivity index (χ0v) is 12.9. The zero-order chi connectivity index (χ0) is 15.2. The lowest BCUT2D eigenvalue weighted by atomic mass is 10.0. The molecule has 1 aliphatic rings. The first-order valence-electron chi connectivity index (χ1n) is 7.90. The minimum Gasteiger partial charge on any atom is -0.389 e. The molecular weight excluding hydrogens is 264 g/mol. The number of nitrogens with one attached hydrogen (secondary N) is 2. The number of rotatable bonds is 3. The van der Waals surface area contributed by atoms with Crippen molar-refractivity contribution < 1.29 is 9.90 Å². The maximum Gasteiger partial charge on any atom is 0.319 e. The van der Waals surface area contributed by atoms with Gasteiger partial charge in [0.2, 0.25) is 0 Å². The SMILES string of the molecule is CC1CCCC(NC(=O)Nc2ccc(C(C)O)cc2)CC1. The Balaban J connectivity index is 1.83. The van der Waals surface area contributed by atoms with E-state index in [4.69, 9.17) is 0 Å². The van der Waals surface area contributed by atoms with E-state index in [0.717, 1.165) is 30.0 Å². The molecule has 0 aromatic heterocycles. The molecule has 1 saturated carbocycles. The van der Waals surface area contributed by atoms with Crippen LogP contribution >= 0.6 is 0 Å². The minimum atomic E-state index is -0.485. The summed E-state index contributed by atoms with van der Waals surface area (Å²) in [4.78, 5) is 12.0. The first-order chi connectivity index (χ1) is 10.0. The monoisotopic (exact) mass is 290 g/mol. The van der Waals surface area contributed by atoms with E-state index in [2.05, 4.69) is 17.6 Å². The second kappa shape index (κ2) is 7.46. The van der Waals surface area contributed by atoms with Gasteiger partial charge in [-0.05, 0) is 49.8 Å². The number of anilines is 1. The molecule has 0 bridgehead atoms. The van der Waals surface area contributed by atoms with E-state index in [1.54, 1.807) is 6.92 Å². The predicted octanol–water partition coefficient (Wildman–Crippen LogP) is 3.83. The Morgan fingerprint density at radius 3 is 2.57 bits per heavy atom. The third-order valence-electron chi connectivity index (χ3n) is 4.24. The summed E-state index contributed by atoms with van der Waals surface area (Å²) in [7, 11) is 0. The second-order valence-corrected chi connectivity index (χ2v) is 6.21. The molecule has 2 rings (SSSR count). The van der Waals surface area contributed by atoms with Crippen LogP contribution in [-0.4, -0.2) is 17.2 Å². The van der Waals surface area contributed by atoms with Crippen molar-refractivity contribution in [3.8, 4) is 0 Å². The third kappa shape index (κ3) is 5.05. The first-order valence-corrected chi connectivity index (χ1v) is 7.90. The number of hydrogen-bond acceptors (Lipinski definition) is 2. The Labute approximate surface area is 126 Å². The van der Waals surface area contributed by atoms with Crippen LogP contribution in [0.25, 0.3) is 0 Å². The number of urea groups is 1. The van der Waals surface area contributed by atoms with Crippen LogP contribution < -0.4 is 10.6 Å². The summed E-state index contributed by atoms with van der Waals surface area (Å²) in [6.07, 6.45) is 5.29. The van der Waals surface area contributed by atoms with Gasteiger partial charge < -0.3 is 15.7 Å². The van der Waals surface area contributed by atoms with Gasteiger partial charge in [-0.2, -0.15) is 0 Å². The summed E-state index contributed by atoms with van der Waals surface area (Å²) in [5, 5.41) is 15.4. The highest BCUT2D eigenvalue weighted by Crippen LogP contribution is 2.22. The molecule has 0 spiro atoms. The van der Waals surface area contributed by atoms with E-state index in [0.29, 0.717) is 0 Å². The molecule has 2 amide bonds. The molecule has 21 heavy (non-hydrogen) atoms. The van der Waals surface area contributed by atoms with Crippen molar-refractivity contribution in [1.29, 1.82) is 0 Å². The van der Waals surface area contributed by atoms with Gasteiger partial charge in [0, 0.05) is 11.7 Å². The van der Waals surface area contributed by atoms with Gasteiger partial charge in [0.25, 0.3) is 0 Å². The smallest absolute Gasteiger partial charge is 0.319 e. The summed E-state index contributed by atoms with van der Waals surface area (Å²) in [6.45, 7) is 4.01. The van der Waals surface area contributed by atoms with Crippen LogP contribution in [0, 0.1) is 5.92 Å². The number of aliphatic hydroxyl groups is 1. The first kappa shape index (κ1) is 15.8. The number of benzene rings is 1. The molecule has 0 heterocycles. The Kier molecular flexibility index (Phi) is 5.62. The molecule has 0 radical (unpaired) electrons. The van der Waals surface area contributed by atoms with Crippen molar-refractivity contribution in [2.24, 2.45) is 5.92 Å². The quantitative estimate of drug-likeness (QED) is 0.741. The molecule has 3 N–H and O–H groups in total. The van der Waals surface area contributed by atoms with Gasteiger partial charge in [-0.1, -0.05) is 31.9 Å². The van der Waals surface area contributed by atoms with Crippen molar-refractivity contribution in [2.75, 3.05) is 5.32 Å². The second-order valence-electron chi connectivity index (χ2n) is 6.21. The lowest BCUT2D eigenvalue weighted by Crippen LogP contribution is -2.37. The fraction of sp³-hybridized carbons (Fsp3) is 0.588. The topological polar surface area (TPSA) is 61.4 Å². The average Bonchev–Trinajstić information content (AvgIpc) is 2.64. The molecule has 0 aliphatic heterocycles. The highest BCUT2D eigenvalue weighted by Gasteiger charge is 2.17. The van der Waals surface area contributed by atoms with E-state index in [9.17, 15) is 9.90 Å². The van der Waals surface area contributed by atoms with E-state index in [1.807, 2.05) is 24.3 Å². The Bertz CT molecular complexity index is 456. The van der Waals surface area contributed by atoms with Crippen molar-refractivity contribution in [3.63, 3.8) is 0 Å². The predicted molar refractivity (Wildman–Crippen MR) is 85.3 cm³/mol. The van der Waals surface area contributed by atoms with E-state index in [1.165, 1.54) is 19.3 Å². The van der Waals surface area contributed by atoms with Gasteiger partial charge in [0.1, 0.15) is 0 Å². The van der Waals surface area contributed by atoms with Crippen molar-refractivity contribution in [2.45, 2.75) is 58.1 Å². The molecular formula is C17H26N2O2. The molecule has 116 valence electrons. The molecule has 4 nitrogen and oxygen atoms in total. The summed E-state index contributed by atoms with van der Waals surface area (Å²) < 4.78 is 0. The van der Waals surface area contributed by atoms with Crippen LogP contribution in [0.15, 0.2) is 24.3 Å². The van der Waals surface area contributed by atoms with Gasteiger partial charge >= 0.3 is 6.03 Å². The number of hydrogen-bond donors (Lipinski definition) is 3. The van der Waals surface area contributed by atoms with Gasteiger partial charge in [0.15, 0.2) is 0 Å². The number of aliphatic hydroxyl groups excluding tert-OH is 1. The van der Waals surface area contributed by atoms with E-state index in [-0.39, 0.29) is 12.1 Å². The normalized spacial score (nSPS) is 24.0. The fourth-order valence-corrected chi connectivity index (χ4v) is 2.83. The summed E-state index contributed by atoms with van der Waals surface area (Å²) in [5.74, 6) is 0.771. The third-order valence-corrected chi connectivity index (χ3v) is 4.24. The summed E-state index contributed by atoms with van der Waals surface area (Å²) in [6, 6.07) is 7.43. The molecule has 0 saturated heterocycles. The standard InChI is InChI=1S/C17H26N2O2/c1-12-4-3-5-15(9-6-12)18-17(21)19-16-10-7-14(8-11-16)13(2)20/h7-8,10-13,15,20H,3-6,9H2,1-2H3,(H2,18,19,21). The maximum absolute atomic E-state index is 12.0. The highest BCUT2D eigenvalue weighted by molar-refractivity contribution is 5.89. The van der Waals surface area contributed by atoms with Crippen molar-refractivity contribution >= 4 is 11.7 Å². The van der Waals surface area contributed by atoms with Crippen molar-refractivity contribution in [1.82, 2.24) is 5.32 Å². The fourth-order valence-electron chi connectivity index (χ4n) is 2.83. The van der Waals surface area contributed by atoms with Gasteiger partial charge in [-0.25, -0.2) is 4.79 Å². The van der Waals surface area contributed by atoms with Crippen LogP contribution in [0.2, 0.25) is 0 Å². The van der Waals surface area contributed by atoms with Gasteiger partial charge in [-0.15, -0.1) is 0 Å². The zero-order valence-electron chi connectivity index (χ0n) is 12.9. The Morgan fingerprint density at radius 1 is 1.19 bits per heavy atom. The van der Waals surface area contributed by atoms with Crippen LogP contribution in [0.3, 0.4) is 0 Å².